The Morgan fingerprint density at radius 3 is 2.64 bits per heavy atom. The second-order valence-corrected chi connectivity index (χ2v) is 9.20. The lowest BCUT2D eigenvalue weighted by molar-refractivity contribution is 0.165. The van der Waals surface area contributed by atoms with Gasteiger partial charge in [0, 0.05) is 55.9 Å². The van der Waals surface area contributed by atoms with Crippen LogP contribution < -0.4 is 14.4 Å². The standard InChI is InChI=1S/C27H34N4O2/c1-32-26-12-11-23(16-27(26)33-25-9-5-6-10-25)31-14-13-30(18-22-17-28-20-29-22)24(19-31)15-21-7-3-2-4-8-21/h2-4,7-8,11-12,16-17,20,24-25H,5-6,9-10,13-15,18-19H2,1H3,(H,28,29). The van der Waals surface area contributed by atoms with Crippen LogP contribution in [0.15, 0.2) is 61.1 Å². The zero-order valence-electron chi connectivity index (χ0n) is 19.5. The Kier molecular flexibility index (Phi) is 6.81. The van der Waals surface area contributed by atoms with E-state index in [0.29, 0.717) is 12.1 Å². The first-order valence-corrected chi connectivity index (χ1v) is 12.1. The molecule has 2 aromatic carbocycles. The van der Waals surface area contributed by atoms with Crippen molar-refractivity contribution in [3.63, 3.8) is 0 Å². The minimum atomic E-state index is 0.311. The number of nitrogens with zero attached hydrogens (tertiary/aromatic N) is 3. The molecule has 1 aliphatic carbocycles. The van der Waals surface area contributed by atoms with Crippen molar-refractivity contribution in [2.24, 2.45) is 0 Å². The fourth-order valence-electron chi connectivity index (χ4n) is 5.15. The van der Waals surface area contributed by atoms with Gasteiger partial charge in [-0.3, -0.25) is 4.90 Å². The second kappa shape index (κ2) is 10.3. The largest absolute Gasteiger partial charge is 0.493 e. The lowest BCUT2D eigenvalue weighted by Crippen LogP contribution is -2.53. The number of imidazole rings is 1. The normalized spacial score (nSPS) is 19.7. The molecule has 1 aromatic heterocycles. The number of piperazine rings is 1. The van der Waals surface area contributed by atoms with Gasteiger partial charge in [-0.15, -0.1) is 0 Å². The van der Waals surface area contributed by atoms with Gasteiger partial charge in [-0.1, -0.05) is 30.3 Å². The maximum Gasteiger partial charge on any atom is 0.163 e. The third-order valence-corrected chi connectivity index (χ3v) is 6.96. The average Bonchev–Trinajstić information content (AvgIpc) is 3.55. The number of hydrogen-bond donors (Lipinski definition) is 1. The van der Waals surface area contributed by atoms with E-state index in [1.165, 1.54) is 29.8 Å². The van der Waals surface area contributed by atoms with Crippen LogP contribution in [0.3, 0.4) is 0 Å². The minimum absolute atomic E-state index is 0.311. The molecule has 0 amide bonds. The lowest BCUT2D eigenvalue weighted by Gasteiger charge is -2.42. The van der Waals surface area contributed by atoms with Crippen LogP contribution in [0.5, 0.6) is 11.5 Å². The number of benzene rings is 2. The Balaban J connectivity index is 1.35. The predicted octanol–water partition coefficient (Wildman–Crippen LogP) is 4.67. The SMILES string of the molecule is COc1ccc(N2CCN(Cc3cnc[nH]3)C(Cc3ccccc3)C2)cc1OC1CCCC1. The molecule has 3 aromatic rings. The zero-order chi connectivity index (χ0) is 22.5. The van der Waals surface area contributed by atoms with E-state index < -0.39 is 0 Å². The van der Waals surface area contributed by atoms with Gasteiger partial charge in [-0.05, 0) is 49.8 Å². The van der Waals surface area contributed by atoms with E-state index in [0.717, 1.165) is 56.9 Å². The average molecular weight is 447 g/mol. The molecule has 0 spiro atoms. The zero-order valence-corrected chi connectivity index (χ0v) is 19.5. The molecule has 0 bridgehead atoms. The summed E-state index contributed by atoms with van der Waals surface area (Å²) in [5.41, 5.74) is 3.75. The second-order valence-electron chi connectivity index (χ2n) is 9.20. The summed E-state index contributed by atoms with van der Waals surface area (Å²) in [6.45, 7) is 3.85. The highest BCUT2D eigenvalue weighted by Gasteiger charge is 2.28. The number of ether oxygens (including phenoxy) is 2. The highest BCUT2D eigenvalue weighted by molar-refractivity contribution is 5.57. The van der Waals surface area contributed by atoms with Crippen molar-refractivity contribution >= 4 is 5.69 Å². The molecule has 2 heterocycles. The van der Waals surface area contributed by atoms with Crippen LogP contribution in [0.4, 0.5) is 5.69 Å². The van der Waals surface area contributed by atoms with Gasteiger partial charge in [-0.25, -0.2) is 4.98 Å². The number of nitrogens with one attached hydrogen (secondary N) is 1. The highest BCUT2D eigenvalue weighted by atomic mass is 16.5. The molecule has 2 fully saturated rings. The molecule has 33 heavy (non-hydrogen) atoms. The fraction of sp³-hybridized carbons (Fsp3) is 0.444. The summed E-state index contributed by atoms with van der Waals surface area (Å²) in [6, 6.07) is 17.6. The smallest absolute Gasteiger partial charge is 0.163 e. The summed E-state index contributed by atoms with van der Waals surface area (Å²) in [6.07, 6.45) is 9.82. The summed E-state index contributed by atoms with van der Waals surface area (Å²) < 4.78 is 12.0. The molecular formula is C27H34N4O2. The van der Waals surface area contributed by atoms with Crippen LogP contribution >= 0.6 is 0 Å². The van der Waals surface area contributed by atoms with Crippen molar-refractivity contribution in [1.82, 2.24) is 14.9 Å². The number of aromatic nitrogens is 2. The monoisotopic (exact) mass is 446 g/mol. The van der Waals surface area contributed by atoms with Crippen LogP contribution in [0.25, 0.3) is 0 Å². The van der Waals surface area contributed by atoms with Crippen LogP contribution in [0.1, 0.15) is 36.9 Å². The van der Waals surface area contributed by atoms with E-state index in [-0.39, 0.29) is 0 Å². The number of aromatic amines is 1. The molecule has 174 valence electrons. The van der Waals surface area contributed by atoms with Gasteiger partial charge >= 0.3 is 0 Å². The molecule has 6 heteroatoms. The number of H-pyrrole nitrogens is 1. The summed E-state index contributed by atoms with van der Waals surface area (Å²) >= 11 is 0. The highest BCUT2D eigenvalue weighted by Crippen LogP contribution is 2.36. The summed E-state index contributed by atoms with van der Waals surface area (Å²) in [5.74, 6) is 1.70. The van der Waals surface area contributed by atoms with E-state index in [1.54, 1.807) is 13.4 Å². The molecule has 1 saturated heterocycles. The third kappa shape index (κ3) is 5.33. The lowest BCUT2D eigenvalue weighted by atomic mass is 10.0. The number of hydrogen-bond acceptors (Lipinski definition) is 5. The van der Waals surface area contributed by atoms with Crippen molar-refractivity contribution in [3.8, 4) is 11.5 Å². The van der Waals surface area contributed by atoms with E-state index in [2.05, 4.69) is 68.3 Å². The molecule has 1 unspecified atom stereocenters. The number of methoxy groups -OCH3 is 1. The molecule has 1 N–H and O–H groups in total. The van der Waals surface area contributed by atoms with E-state index in [4.69, 9.17) is 9.47 Å². The minimum Gasteiger partial charge on any atom is -0.493 e. The van der Waals surface area contributed by atoms with E-state index in [1.807, 2.05) is 6.20 Å². The third-order valence-electron chi connectivity index (χ3n) is 6.96. The Morgan fingerprint density at radius 2 is 1.88 bits per heavy atom. The van der Waals surface area contributed by atoms with Crippen LogP contribution in [0, 0.1) is 0 Å². The Hall–Kier alpha value is -2.99. The molecule has 1 saturated carbocycles. The fourth-order valence-corrected chi connectivity index (χ4v) is 5.15. The molecule has 0 radical (unpaired) electrons. The van der Waals surface area contributed by atoms with Crippen LogP contribution in [0.2, 0.25) is 0 Å². The topological polar surface area (TPSA) is 53.6 Å². The van der Waals surface area contributed by atoms with Gasteiger partial charge in [0.05, 0.1) is 19.5 Å². The predicted molar refractivity (Wildman–Crippen MR) is 131 cm³/mol. The number of anilines is 1. The first kappa shape index (κ1) is 21.8. The Labute approximate surface area is 196 Å². The molecule has 1 aliphatic heterocycles. The maximum absolute atomic E-state index is 6.37. The van der Waals surface area contributed by atoms with Gasteiger partial charge in [0.1, 0.15) is 0 Å². The van der Waals surface area contributed by atoms with Crippen LogP contribution in [-0.2, 0) is 13.0 Å². The van der Waals surface area contributed by atoms with Crippen molar-refractivity contribution in [1.29, 1.82) is 0 Å². The molecule has 6 nitrogen and oxygen atoms in total. The maximum atomic E-state index is 6.37. The van der Waals surface area contributed by atoms with Gasteiger partial charge < -0.3 is 19.4 Å². The van der Waals surface area contributed by atoms with Gasteiger partial charge in [0.25, 0.3) is 0 Å². The van der Waals surface area contributed by atoms with Crippen molar-refractivity contribution in [2.45, 2.75) is 50.8 Å². The molecule has 5 rings (SSSR count). The Morgan fingerprint density at radius 1 is 1.03 bits per heavy atom. The molecule has 1 atom stereocenters. The first-order valence-electron chi connectivity index (χ1n) is 12.1. The van der Waals surface area contributed by atoms with Crippen molar-refractivity contribution < 1.29 is 9.47 Å². The summed E-state index contributed by atoms with van der Waals surface area (Å²) in [4.78, 5) is 12.6. The van der Waals surface area contributed by atoms with Gasteiger partial charge in [-0.2, -0.15) is 0 Å². The summed E-state index contributed by atoms with van der Waals surface area (Å²) in [7, 11) is 1.72. The van der Waals surface area contributed by atoms with Gasteiger partial charge in [0.15, 0.2) is 11.5 Å². The van der Waals surface area contributed by atoms with Crippen molar-refractivity contribution in [2.75, 3.05) is 31.6 Å². The Bertz CT molecular complexity index is 1000. The molecule has 2 aliphatic rings. The van der Waals surface area contributed by atoms with Crippen molar-refractivity contribution in [3.05, 3.63) is 72.3 Å². The van der Waals surface area contributed by atoms with Gasteiger partial charge in [0.2, 0.25) is 0 Å². The van der Waals surface area contributed by atoms with E-state index in [9.17, 15) is 0 Å². The van der Waals surface area contributed by atoms with Crippen LogP contribution in [-0.4, -0.2) is 53.8 Å². The summed E-state index contributed by atoms with van der Waals surface area (Å²) in [5, 5.41) is 0. The molecular weight excluding hydrogens is 412 g/mol. The first-order chi connectivity index (χ1) is 16.3. The van der Waals surface area contributed by atoms with E-state index >= 15 is 0 Å². The number of rotatable bonds is 8. The quantitative estimate of drug-likeness (QED) is 0.545.